The highest BCUT2D eigenvalue weighted by molar-refractivity contribution is 5.96. The largest absolute Gasteiger partial charge is 0.399 e. The Morgan fingerprint density at radius 1 is 1.24 bits per heavy atom. The summed E-state index contributed by atoms with van der Waals surface area (Å²) < 4.78 is 7.00. The summed E-state index contributed by atoms with van der Waals surface area (Å²) in [5.41, 5.74) is 8.98. The van der Waals surface area contributed by atoms with Crippen LogP contribution in [-0.2, 0) is 11.8 Å². The Labute approximate surface area is 123 Å². The van der Waals surface area contributed by atoms with Crippen molar-refractivity contribution in [3.8, 4) is 11.1 Å². The molecule has 0 spiro atoms. The fourth-order valence-corrected chi connectivity index (χ4v) is 2.46. The van der Waals surface area contributed by atoms with Crippen LogP contribution in [0.1, 0.15) is 10.4 Å². The summed E-state index contributed by atoms with van der Waals surface area (Å²) >= 11 is 0. The number of amides is 1. The Hall–Kier alpha value is -2.34. The molecule has 1 aromatic heterocycles. The van der Waals surface area contributed by atoms with Crippen molar-refractivity contribution in [2.75, 3.05) is 32.0 Å². The molecule has 0 unspecified atom stereocenters. The second-order valence-corrected chi connectivity index (χ2v) is 5.15. The first-order chi connectivity index (χ1) is 10.1. The van der Waals surface area contributed by atoms with Gasteiger partial charge in [0.2, 0.25) is 0 Å². The molecule has 21 heavy (non-hydrogen) atoms. The number of rotatable bonds is 2. The van der Waals surface area contributed by atoms with E-state index >= 15 is 0 Å². The van der Waals surface area contributed by atoms with Crippen molar-refractivity contribution >= 4 is 11.6 Å². The summed E-state index contributed by atoms with van der Waals surface area (Å²) in [6.07, 6.45) is 3.66. The van der Waals surface area contributed by atoms with Gasteiger partial charge in [0, 0.05) is 43.1 Å². The number of aryl methyl sites for hydroxylation is 1. The van der Waals surface area contributed by atoms with Gasteiger partial charge < -0.3 is 15.4 Å². The zero-order chi connectivity index (χ0) is 14.8. The van der Waals surface area contributed by atoms with E-state index in [1.54, 1.807) is 21.8 Å². The normalized spacial score (nSPS) is 15.2. The maximum absolute atomic E-state index is 12.5. The molecule has 0 bridgehead atoms. The molecule has 3 rings (SSSR count). The Morgan fingerprint density at radius 3 is 2.67 bits per heavy atom. The Bertz CT molecular complexity index is 659. The third-order valence-electron chi connectivity index (χ3n) is 3.54. The summed E-state index contributed by atoms with van der Waals surface area (Å²) in [7, 11) is 1.86. The fourth-order valence-electron chi connectivity index (χ4n) is 2.46. The van der Waals surface area contributed by atoms with Crippen molar-refractivity contribution in [3.63, 3.8) is 0 Å². The Balaban J connectivity index is 1.92. The molecule has 2 heterocycles. The number of nitrogens with two attached hydrogens (primary N) is 1. The van der Waals surface area contributed by atoms with Crippen LogP contribution in [0, 0.1) is 0 Å². The maximum atomic E-state index is 12.5. The first kappa shape index (κ1) is 13.6. The van der Waals surface area contributed by atoms with E-state index in [0.29, 0.717) is 37.6 Å². The molecule has 2 aromatic rings. The van der Waals surface area contributed by atoms with Crippen LogP contribution in [0.5, 0.6) is 0 Å². The van der Waals surface area contributed by atoms with Crippen molar-refractivity contribution in [1.29, 1.82) is 0 Å². The average molecular weight is 286 g/mol. The number of anilines is 1. The summed E-state index contributed by atoms with van der Waals surface area (Å²) in [5, 5.41) is 4.15. The smallest absolute Gasteiger partial charge is 0.254 e. The van der Waals surface area contributed by atoms with E-state index in [9.17, 15) is 4.79 Å². The van der Waals surface area contributed by atoms with Gasteiger partial charge in [-0.05, 0) is 23.8 Å². The highest BCUT2D eigenvalue weighted by Crippen LogP contribution is 2.24. The van der Waals surface area contributed by atoms with Gasteiger partial charge >= 0.3 is 0 Å². The van der Waals surface area contributed by atoms with Gasteiger partial charge in [-0.3, -0.25) is 9.48 Å². The number of benzene rings is 1. The number of hydrogen-bond donors (Lipinski definition) is 1. The average Bonchev–Trinajstić information content (AvgIpc) is 2.93. The standard InChI is InChI=1S/C15H18N4O2/c1-18-10-13(9-17-18)11-6-12(8-14(16)7-11)15(20)19-2-4-21-5-3-19/h6-10H,2-5,16H2,1H3. The van der Waals surface area contributed by atoms with Gasteiger partial charge in [-0.15, -0.1) is 0 Å². The molecule has 1 amide bonds. The van der Waals surface area contributed by atoms with Crippen LogP contribution in [0.2, 0.25) is 0 Å². The van der Waals surface area contributed by atoms with Crippen molar-refractivity contribution < 1.29 is 9.53 Å². The van der Waals surface area contributed by atoms with Crippen molar-refractivity contribution in [2.45, 2.75) is 0 Å². The highest BCUT2D eigenvalue weighted by Gasteiger charge is 2.19. The number of hydrogen-bond acceptors (Lipinski definition) is 4. The third-order valence-corrected chi connectivity index (χ3v) is 3.54. The van der Waals surface area contributed by atoms with E-state index in [1.807, 2.05) is 25.4 Å². The molecule has 1 aromatic carbocycles. The number of morpholine rings is 1. The lowest BCUT2D eigenvalue weighted by Crippen LogP contribution is -2.40. The molecule has 110 valence electrons. The zero-order valence-corrected chi connectivity index (χ0v) is 12.0. The topological polar surface area (TPSA) is 73.4 Å². The second-order valence-electron chi connectivity index (χ2n) is 5.15. The molecule has 1 fully saturated rings. The number of nitrogen functional groups attached to an aromatic ring is 1. The van der Waals surface area contributed by atoms with Gasteiger partial charge in [-0.2, -0.15) is 5.10 Å². The molecule has 6 heteroatoms. The summed E-state index contributed by atoms with van der Waals surface area (Å²) in [4.78, 5) is 14.3. The molecular formula is C15H18N4O2. The number of carbonyl (C=O) groups excluding carboxylic acids is 1. The third kappa shape index (κ3) is 2.90. The van der Waals surface area contributed by atoms with E-state index in [4.69, 9.17) is 10.5 Å². The van der Waals surface area contributed by atoms with E-state index in [-0.39, 0.29) is 5.91 Å². The minimum atomic E-state index is -0.00394. The SMILES string of the molecule is Cn1cc(-c2cc(N)cc(C(=O)N3CCOCC3)c2)cn1. The number of ether oxygens (including phenoxy) is 1. The predicted molar refractivity (Wildman–Crippen MR) is 79.8 cm³/mol. The van der Waals surface area contributed by atoms with E-state index in [0.717, 1.165) is 11.1 Å². The number of carbonyl (C=O) groups is 1. The van der Waals surface area contributed by atoms with Crippen LogP contribution in [0.25, 0.3) is 11.1 Å². The van der Waals surface area contributed by atoms with Crippen LogP contribution < -0.4 is 5.73 Å². The summed E-state index contributed by atoms with van der Waals surface area (Å²) in [6, 6.07) is 5.44. The van der Waals surface area contributed by atoms with Gasteiger partial charge in [0.1, 0.15) is 0 Å². The highest BCUT2D eigenvalue weighted by atomic mass is 16.5. The minimum Gasteiger partial charge on any atom is -0.399 e. The molecule has 6 nitrogen and oxygen atoms in total. The van der Waals surface area contributed by atoms with Crippen LogP contribution in [0.4, 0.5) is 5.69 Å². The van der Waals surface area contributed by atoms with Crippen LogP contribution in [0.3, 0.4) is 0 Å². The van der Waals surface area contributed by atoms with Crippen LogP contribution >= 0.6 is 0 Å². The van der Waals surface area contributed by atoms with Crippen molar-refractivity contribution in [2.24, 2.45) is 7.05 Å². The predicted octanol–water partition coefficient (Wildman–Crippen LogP) is 1.14. The quantitative estimate of drug-likeness (QED) is 0.840. The molecule has 0 atom stereocenters. The van der Waals surface area contributed by atoms with Crippen LogP contribution in [-0.4, -0.2) is 46.9 Å². The molecule has 2 N–H and O–H groups in total. The van der Waals surface area contributed by atoms with E-state index in [2.05, 4.69) is 5.10 Å². The number of aromatic nitrogens is 2. The monoisotopic (exact) mass is 286 g/mol. The Morgan fingerprint density at radius 2 is 2.00 bits per heavy atom. The first-order valence-electron chi connectivity index (χ1n) is 6.90. The molecule has 0 radical (unpaired) electrons. The van der Waals surface area contributed by atoms with Crippen LogP contribution in [0.15, 0.2) is 30.6 Å². The summed E-state index contributed by atoms with van der Waals surface area (Å²) in [5.74, 6) is -0.00394. The van der Waals surface area contributed by atoms with Gasteiger partial charge in [0.25, 0.3) is 5.91 Å². The second kappa shape index (κ2) is 5.57. The lowest BCUT2D eigenvalue weighted by molar-refractivity contribution is 0.0303. The van der Waals surface area contributed by atoms with E-state index < -0.39 is 0 Å². The lowest BCUT2D eigenvalue weighted by atomic mass is 10.0. The summed E-state index contributed by atoms with van der Waals surface area (Å²) in [6.45, 7) is 2.42. The molecular weight excluding hydrogens is 268 g/mol. The zero-order valence-electron chi connectivity index (χ0n) is 12.0. The first-order valence-corrected chi connectivity index (χ1v) is 6.90. The van der Waals surface area contributed by atoms with Gasteiger partial charge in [0.15, 0.2) is 0 Å². The lowest BCUT2D eigenvalue weighted by Gasteiger charge is -2.27. The molecule has 0 aliphatic carbocycles. The van der Waals surface area contributed by atoms with Gasteiger partial charge in [-0.1, -0.05) is 0 Å². The van der Waals surface area contributed by atoms with E-state index in [1.165, 1.54) is 0 Å². The van der Waals surface area contributed by atoms with Crippen molar-refractivity contribution in [1.82, 2.24) is 14.7 Å². The van der Waals surface area contributed by atoms with Gasteiger partial charge in [0.05, 0.1) is 19.4 Å². The molecule has 1 aliphatic rings. The minimum absolute atomic E-state index is 0.00394. The molecule has 1 saturated heterocycles. The molecule has 1 aliphatic heterocycles. The van der Waals surface area contributed by atoms with Gasteiger partial charge in [-0.25, -0.2) is 0 Å². The Kier molecular flexibility index (Phi) is 3.62. The number of nitrogens with zero attached hydrogens (tertiary/aromatic N) is 3. The van der Waals surface area contributed by atoms with Crippen molar-refractivity contribution in [3.05, 3.63) is 36.2 Å². The maximum Gasteiger partial charge on any atom is 0.254 e. The fraction of sp³-hybridized carbons (Fsp3) is 0.333. The molecule has 0 saturated carbocycles.